The van der Waals surface area contributed by atoms with Crippen molar-refractivity contribution in [2.24, 2.45) is 10.9 Å². The zero-order valence-electron chi connectivity index (χ0n) is 8.28. The molecule has 1 aromatic carbocycles. The van der Waals surface area contributed by atoms with E-state index < -0.39 is 0 Å². The van der Waals surface area contributed by atoms with Crippen molar-refractivity contribution >= 4 is 5.84 Å². The number of halogens is 1. The van der Waals surface area contributed by atoms with Gasteiger partial charge in [0.1, 0.15) is 11.7 Å². The summed E-state index contributed by atoms with van der Waals surface area (Å²) in [6.45, 7) is 1.16. The predicted molar refractivity (Wildman–Crippen MR) is 56.1 cm³/mol. The van der Waals surface area contributed by atoms with Gasteiger partial charge in [-0.15, -0.1) is 0 Å². The average molecular weight is 211 g/mol. The largest absolute Gasteiger partial charge is 0.409 e. The van der Waals surface area contributed by atoms with E-state index in [4.69, 9.17) is 10.9 Å². The number of oxime groups is 1. The first-order chi connectivity index (χ1) is 7.22. The summed E-state index contributed by atoms with van der Waals surface area (Å²) in [6, 6.07) is 6.37. The minimum Gasteiger partial charge on any atom is -0.409 e. The Morgan fingerprint density at radius 1 is 1.53 bits per heavy atom. The van der Waals surface area contributed by atoms with E-state index in [0.29, 0.717) is 19.5 Å². The first-order valence-electron chi connectivity index (χ1n) is 4.64. The lowest BCUT2D eigenvalue weighted by Gasteiger charge is -2.04. The fourth-order valence-electron chi connectivity index (χ4n) is 1.15. The van der Waals surface area contributed by atoms with E-state index in [2.05, 4.69) is 10.5 Å². The van der Waals surface area contributed by atoms with Gasteiger partial charge in [-0.3, -0.25) is 0 Å². The lowest BCUT2D eigenvalue weighted by Crippen LogP contribution is -2.22. The maximum atomic E-state index is 12.8. The Bertz CT molecular complexity index is 341. The highest BCUT2D eigenvalue weighted by Crippen LogP contribution is 2.02. The molecule has 1 rings (SSSR count). The first kappa shape index (κ1) is 11.5. The van der Waals surface area contributed by atoms with Crippen molar-refractivity contribution < 1.29 is 9.60 Å². The fraction of sp³-hybridized carbons (Fsp3) is 0.300. The van der Waals surface area contributed by atoms with E-state index >= 15 is 0 Å². The van der Waals surface area contributed by atoms with Gasteiger partial charge >= 0.3 is 0 Å². The molecule has 0 atom stereocenters. The summed E-state index contributed by atoms with van der Waals surface area (Å²) in [6.07, 6.45) is 0.464. The monoisotopic (exact) mass is 211 g/mol. The molecule has 0 spiro atoms. The molecule has 15 heavy (non-hydrogen) atoms. The third kappa shape index (κ3) is 4.42. The normalized spacial score (nSPS) is 11.7. The molecule has 0 heterocycles. The van der Waals surface area contributed by atoms with Crippen LogP contribution in [0.1, 0.15) is 12.0 Å². The molecule has 0 radical (unpaired) electrons. The Morgan fingerprint density at radius 3 is 3.00 bits per heavy atom. The van der Waals surface area contributed by atoms with Gasteiger partial charge in [0, 0.05) is 19.5 Å². The van der Waals surface area contributed by atoms with Crippen molar-refractivity contribution in [1.29, 1.82) is 0 Å². The fourth-order valence-corrected chi connectivity index (χ4v) is 1.15. The minimum atomic E-state index is -0.245. The van der Waals surface area contributed by atoms with Crippen LogP contribution in [0.25, 0.3) is 0 Å². The SMILES string of the molecule is NC(CCNCc1cccc(F)c1)=NO. The van der Waals surface area contributed by atoms with E-state index in [0.717, 1.165) is 5.56 Å². The molecule has 0 bridgehead atoms. The molecule has 4 nitrogen and oxygen atoms in total. The average Bonchev–Trinajstić information content (AvgIpc) is 2.24. The highest BCUT2D eigenvalue weighted by molar-refractivity contribution is 5.79. The van der Waals surface area contributed by atoms with Crippen LogP contribution >= 0.6 is 0 Å². The van der Waals surface area contributed by atoms with Gasteiger partial charge in [0.2, 0.25) is 0 Å². The van der Waals surface area contributed by atoms with Gasteiger partial charge in [-0.1, -0.05) is 17.3 Å². The van der Waals surface area contributed by atoms with E-state index in [-0.39, 0.29) is 11.7 Å². The summed E-state index contributed by atoms with van der Waals surface area (Å²) in [5, 5.41) is 14.2. The molecule has 0 aliphatic rings. The number of nitrogens with two attached hydrogens (primary N) is 1. The van der Waals surface area contributed by atoms with E-state index in [1.165, 1.54) is 12.1 Å². The summed E-state index contributed by atoms with van der Waals surface area (Å²) in [5.74, 6) is -0.0625. The van der Waals surface area contributed by atoms with Crippen LogP contribution in [0, 0.1) is 5.82 Å². The Balaban J connectivity index is 2.26. The molecule has 4 N–H and O–H groups in total. The lowest BCUT2D eigenvalue weighted by atomic mass is 10.2. The summed E-state index contributed by atoms with van der Waals surface area (Å²) >= 11 is 0. The zero-order valence-corrected chi connectivity index (χ0v) is 8.28. The van der Waals surface area contributed by atoms with Crippen LogP contribution in [0.3, 0.4) is 0 Å². The summed E-state index contributed by atoms with van der Waals surface area (Å²) in [7, 11) is 0. The van der Waals surface area contributed by atoms with Gasteiger partial charge < -0.3 is 16.3 Å². The zero-order chi connectivity index (χ0) is 11.1. The number of hydrogen-bond donors (Lipinski definition) is 3. The Labute approximate surface area is 87.6 Å². The first-order valence-corrected chi connectivity index (χ1v) is 4.64. The van der Waals surface area contributed by atoms with Crippen LogP contribution in [0.5, 0.6) is 0 Å². The van der Waals surface area contributed by atoms with Gasteiger partial charge in [0.05, 0.1) is 0 Å². The number of hydrogen-bond acceptors (Lipinski definition) is 3. The second-order valence-corrected chi connectivity index (χ2v) is 3.15. The van der Waals surface area contributed by atoms with Crippen LogP contribution < -0.4 is 11.1 Å². The lowest BCUT2D eigenvalue weighted by molar-refractivity contribution is 0.316. The Kier molecular flexibility index (Phi) is 4.56. The van der Waals surface area contributed by atoms with Crippen molar-refractivity contribution in [2.45, 2.75) is 13.0 Å². The number of nitrogens with zero attached hydrogens (tertiary/aromatic N) is 1. The molecular weight excluding hydrogens is 197 g/mol. The molecule has 0 aliphatic carbocycles. The van der Waals surface area contributed by atoms with Gasteiger partial charge in [-0.2, -0.15) is 0 Å². The molecule has 0 amide bonds. The molecule has 5 heteroatoms. The van der Waals surface area contributed by atoms with Gasteiger partial charge in [-0.05, 0) is 17.7 Å². The van der Waals surface area contributed by atoms with Crippen LogP contribution in [0.2, 0.25) is 0 Å². The standard InChI is InChI=1S/C10H14FN3O/c11-9-3-1-2-8(6-9)7-13-5-4-10(12)14-15/h1-3,6,13,15H,4-5,7H2,(H2,12,14). The third-order valence-corrected chi connectivity index (χ3v) is 1.90. The van der Waals surface area contributed by atoms with Crippen molar-refractivity contribution in [3.63, 3.8) is 0 Å². The smallest absolute Gasteiger partial charge is 0.140 e. The molecule has 1 aromatic rings. The maximum absolute atomic E-state index is 12.8. The quantitative estimate of drug-likeness (QED) is 0.224. The van der Waals surface area contributed by atoms with Crippen LogP contribution in [0.4, 0.5) is 4.39 Å². The van der Waals surface area contributed by atoms with Gasteiger partial charge in [-0.25, -0.2) is 4.39 Å². The van der Waals surface area contributed by atoms with Gasteiger partial charge in [0.15, 0.2) is 0 Å². The number of nitrogens with one attached hydrogen (secondary N) is 1. The van der Waals surface area contributed by atoms with E-state index in [1.54, 1.807) is 6.07 Å². The number of amidine groups is 1. The van der Waals surface area contributed by atoms with E-state index in [9.17, 15) is 4.39 Å². The molecule has 0 saturated heterocycles. The second-order valence-electron chi connectivity index (χ2n) is 3.15. The topological polar surface area (TPSA) is 70.6 Å². The minimum absolute atomic E-state index is 0.182. The van der Waals surface area contributed by atoms with E-state index in [1.807, 2.05) is 6.07 Å². The number of rotatable bonds is 5. The number of benzene rings is 1. The molecule has 0 aliphatic heterocycles. The van der Waals surface area contributed by atoms with Crippen molar-refractivity contribution in [3.8, 4) is 0 Å². The van der Waals surface area contributed by atoms with Crippen LogP contribution in [-0.4, -0.2) is 17.6 Å². The van der Waals surface area contributed by atoms with Gasteiger partial charge in [0.25, 0.3) is 0 Å². The molecule has 0 saturated carbocycles. The summed E-state index contributed by atoms with van der Waals surface area (Å²) < 4.78 is 12.8. The van der Waals surface area contributed by atoms with Crippen molar-refractivity contribution in [2.75, 3.05) is 6.54 Å². The maximum Gasteiger partial charge on any atom is 0.140 e. The summed E-state index contributed by atoms with van der Waals surface area (Å²) in [5.41, 5.74) is 6.15. The van der Waals surface area contributed by atoms with Crippen molar-refractivity contribution in [1.82, 2.24) is 5.32 Å². The molecular formula is C10H14FN3O. The highest BCUT2D eigenvalue weighted by atomic mass is 19.1. The van der Waals surface area contributed by atoms with Crippen LogP contribution in [-0.2, 0) is 6.54 Å². The van der Waals surface area contributed by atoms with Crippen LogP contribution in [0.15, 0.2) is 29.4 Å². The highest BCUT2D eigenvalue weighted by Gasteiger charge is 1.96. The second kappa shape index (κ2) is 5.98. The summed E-state index contributed by atoms with van der Waals surface area (Å²) in [4.78, 5) is 0. The molecule has 0 unspecified atom stereocenters. The third-order valence-electron chi connectivity index (χ3n) is 1.90. The molecule has 82 valence electrons. The Morgan fingerprint density at radius 2 is 2.33 bits per heavy atom. The Hall–Kier alpha value is -1.62. The molecule has 0 fully saturated rings. The predicted octanol–water partition coefficient (Wildman–Crippen LogP) is 1.05. The van der Waals surface area contributed by atoms with Crippen molar-refractivity contribution in [3.05, 3.63) is 35.6 Å². The molecule has 0 aromatic heterocycles.